The standard InChI is InChI=1S/C22H29FN3O9P/c1-13(2)33-19(29)14(3)25-36(31,35-15-8-6-5-7-9-15)32-12-16-18(28)22(4,23)20(34-16)26-11-10-17(27)24-21(26)30/h5-11,13-14,16,18,20,28H,12H2,1-4H3,(H,25,31)(H,24,27,30)/t14-,16-,18+,20+,22+,36-/m0/s1. The minimum absolute atomic E-state index is 0.152. The lowest BCUT2D eigenvalue weighted by Crippen LogP contribution is -2.43. The average Bonchev–Trinajstić information content (AvgIpc) is 3.01. The van der Waals surface area contributed by atoms with Gasteiger partial charge in [0.1, 0.15) is 24.0 Å². The molecule has 0 bridgehead atoms. The summed E-state index contributed by atoms with van der Waals surface area (Å²) < 4.78 is 51.4. The van der Waals surface area contributed by atoms with E-state index in [2.05, 4.69) is 5.09 Å². The molecular weight excluding hydrogens is 500 g/mol. The molecule has 3 N–H and O–H groups in total. The van der Waals surface area contributed by atoms with Gasteiger partial charge >= 0.3 is 19.4 Å². The van der Waals surface area contributed by atoms with E-state index in [1.807, 2.05) is 4.98 Å². The fraction of sp³-hybridized carbons (Fsp3) is 0.500. The molecule has 1 aromatic heterocycles. The van der Waals surface area contributed by atoms with Crippen LogP contribution >= 0.6 is 7.75 Å². The average molecular weight is 529 g/mol. The molecule has 1 saturated heterocycles. The fourth-order valence-electron chi connectivity index (χ4n) is 3.47. The number of carbonyl (C=O) groups is 1. The van der Waals surface area contributed by atoms with E-state index in [0.29, 0.717) is 0 Å². The van der Waals surface area contributed by atoms with Crippen molar-refractivity contribution in [3.63, 3.8) is 0 Å². The summed E-state index contributed by atoms with van der Waals surface area (Å²) in [5.74, 6) is -0.560. The number of aliphatic hydroxyl groups is 1. The third kappa shape index (κ3) is 6.48. The third-order valence-electron chi connectivity index (χ3n) is 5.26. The normalized spacial score (nSPS) is 26.4. The first-order chi connectivity index (χ1) is 16.8. The van der Waals surface area contributed by atoms with Gasteiger partial charge in [0.25, 0.3) is 5.56 Å². The number of ether oxygens (including phenoxy) is 2. The Balaban J connectivity index is 1.80. The van der Waals surface area contributed by atoms with Gasteiger partial charge in [-0.1, -0.05) is 18.2 Å². The molecule has 12 nitrogen and oxygen atoms in total. The van der Waals surface area contributed by atoms with E-state index >= 15 is 4.39 Å². The second kappa shape index (κ2) is 11.1. The zero-order valence-electron chi connectivity index (χ0n) is 20.1. The second-order valence-corrected chi connectivity index (χ2v) is 10.4. The molecule has 1 fully saturated rings. The van der Waals surface area contributed by atoms with Crippen LogP contribution in [0, 0.1) is 0 Å². The van der Waals surface area contributed by atoms with Gasteiger partial charge in [-0.2, -0.15) is 5.09 Å². The molecule has 0 saturated carbocycles. The van der Waals surface area contributed by atoms with Crippen molar-refractivity contribution in [2.45, 2.75) is 63.9 Å². The number of halogens is 1. The summed E-state index contributed by atoms with van der Waals surface area (Å²) in [6, 6.07) is 7.86. The minimum Gasteiger partial charge on any atom is -0.462 e. The second-order valence-electron chi connectivity index (χ2n) is 8.67. The van der Waals surface area contributed by atoms with Gasteiger partial charge in [-0.05, 0) is 39.8 Å². The van der Waals surface area contributed by atoms with Gasteiger partial charge in [0.15, 0.2) is 11.9 Å². The van der Waals surface area contributed by atoms with Crippen molar-refractivity contribution in [3.05, 3.63) is 63.4 Å². The molecule has 0 radical (unpaired) electrons. The molecule has 2 aromatic rings. The summed E-state index contributed by atoms with van der Waals surface area (Å²) >= 11 is 0. The van der Waals surface area contributed by atoms with Crippen LogP contribution < -0.4 is 20.9 Å². The highest BCUT2D eigenvalue weighted by Gasteiger charge is 2.55. The number of nitrogens with one attached hydrogen (secondary N) is 2. The summed E-state index contributed by atoms with van der Waals surface area (Å²) in [5.41, 5.74) is -4.12. The number of nitrogens with zero attached hydrogens (tertiary/aromatic N) is 1. The molecule has 2 heterocycles. The first kappa shape index (κ1) is 27.8. The molecular formula is C22H29FN3O9P. The molecule has 0 spiro atoms. The van der Waals surface area contributed by atoms with Crippen molar-refractivity contribution >= 4 is 13.7 Å². The maximum absolute atomic E-state index is 15.4. The van der Waals surface area contributed by atoms with Crippen LogP contribution in [0.1, 0.15) is 33.9 Å². The highest BCUT2D eigenvalue weighted by molar-refractivity contribution is 7.52. The number of hydrogen-bond acceptors (Lipinski definition) is 9. The van der Waals surface area contributed by atoms with Crippen molar-refractivity contribution in [2.75, 3.05) is 6.61 Å². The Kier molecular flexibility index (Phi) is 8.52. The monoisotopic (exact) mass is 529 g/mol. The SMILES string of the molecule is CC(C)OC(=O)[C@H](C)N[P@](=O)(OC[C@@H]1O[C@@H](n2ccc(=O)[nH]c2=O)[C@](C)(F)[C@@H]1O)Oc1ccccc1. The number of esters is 1. The predicted octanol–water partition coefficient (Wildman–Crippen LogP) is 1.66. The van der Waals surface area contributed by atoms with Gasteiger partial charge in [0.2, 0.25) is 0 Å². The highest BCUT2D eigenvalue weighted by atomic mass is 31.2. The number of aromatic amines is 1. The lowest BCUT2D eigenvalue weighted by molar-refractivity contribution is -0.149. The topological polar surface area (TPSA) is 158 Å². The molecule has 6 atom stereocenters. The number of benzene rings is 1. The van der Waals surface area contributed by atoms with Crippen molar-refractivity contribution < 1.29 is 37.4 Å². The van der Waals surface area contributed by atoms with Crippen molar-refractivity contribution in [1.29, 1.82) is 0 Å². The van der Waals surface area contributed by atoms with Crippen LogP contribution in [-0.2, 0) is 23.4 Å². The van der Waals surface area contributed by atoms with Gasteiger partial charge < -0.3 is 19.1 Å². The number of rotatable bonds is 10. The minimum atomic E-state index is -4.30. The Labute approximate surface area is 205 Å². The Bertz CT molecular complexity index is 1220. The number of alkyl halides is 1. The Morgan fingerprint density at radius 1 is 1.28 bits per heavy atom. The summed E-state index contributed by atoms with van der Waals surface area (Å²) in [4.78, 5) is 37.7. The van der Waals surface area contributed by atoms with Crippen molar-refractivity contribution in [1.82, 2.24) is 14.6 Å². The first-order valence-corrected chi connectivity index (χ1v) is 12.7. The van der Waals surface area contributed by atoms with E-state index in [-0.39, 0.29) is 5.75 Å². The maximum Gasteiger partial charge on any atom is 0.459 e. The Hall–Kier alpha value is -2.83. The number of H-pyrrole nitrogens is 1. The van der Waals surface area contributed by atoms with Gasteiger partial charge in [-0.25, -0.2) is 13.8 Å². The highest BCUT2D eigenvalue weighted by Crippen LogP contribution is 2.47. The molecule has 14 heteroatoms. The first-order valence-electron chi connectivity index (χ1n) is 11.1. The van der Waals surface area contributed by atoms with Crippen molar-refractivity contribution in [3.8, 4) is 5.75 Å². The lowest BCUT2D eigenvalue weighted by Gasteiger charge is -2.25. The van der Waals surface area contributed by atoms with Crippen LogP contribution in [0.4, 0.5) is 4.39 Å². The van der Waals surface area contributed by atoms with E-state index in [9.17, 15) is 24.1 Å². The molecule has 36 heavy (non-hydrogen) atoms. The molecule has 1 aliphatic rings. The number of aromatic nitrogens is 2. The maximum atomic E-state index is 15.4. The molecule has 0 unspecified atom stereocenters. The van der Waals surface area contributed by atoms with Crippen LogP contribution in [0.5, 0.6) is 5.75 Å². The summed E-state index contributed by atoms with van der Waals surface area (Å²) in [7, 11) is -4.30. The lowest BCUT2D eigenvalue weighted by atomic mass is 9.98. The molecule has 3 rings (SSSR count). The molecule has 1 aromatic carbocycles. The zero-order chi connectivity index (χ0) is 26.7. The van der Waals surface area contributed by atoms with Crippen LogP contribution in [-0.4, -0.2) is 57.3 Å². The molecule has 1 aliphatic heterocycles. The van der Waals surface area contributed by atoms with Gasteiger partial charge in [0, 0.05) is 12.3 Å². The molecule has 0 aliphatic carbocycles. The van der Waals surface area contributed by atoms with E-state index in [1.165, 1.54) is 19.1 Å². The number of carbonyl (C=O) groups excluding carboxylic acids is 1. The van der Waals surface area contributed by atoms with E-state index < -0.39 is 67.8 Å². The van der Waals surface area contributed by atoms with Crippen LogP contribution in [0.25, 0.3) is 0 Å². The molecule has 198 valence electrons. The van der Waals surface area contributed by atoms with Gasteiger partial charge in [-0.3, -0.25) is 23.7 Å². The van der Waals surface area contributed by atoms with Gasteiger partial charge in [0.05, 0.1) is 12.7 Å². The third-order valence-corrected chi connectivity index (χ3v) is 6.90. The predicted molar refractivity (Wildman–Crippen MR) is 125 cm³/mol. The number of aliphatic hydroxyl groups excluding tert-OH is 1. The zero-order valence-corrected chi connectivity index (χ0v) is 21.0. The van der Waals surface area contributed by atoms with Crippen molar-refractivity contribution in [2.24, 2.45) is 0 Å². The summed E-state index contributed by atoms with van der Waals surface area (Å²) in [5, 5.41) is 13.0. The van der Waals surface area contributed by atoms with Crippen LogP contribution in [0.15, 0.2) is 52.2 Å². The Morgan fingerprint density at radius 3 is 2.56 bits per heavy atom. The van der Waals surface area contributed by atoms with E-state index in [1.54, 1.807) is 32.0 Å². The van der Waals surface area contributed by atoms with E-state index in [0.717, 1.165) is 23.8 Å². The van der Waals surface area contributed by atoms with Gasteiger partial charge in [-0.15, -0.1) is 0 Å². The fourth-order valence-corrected chi connectivity index (χ4v) is 4.97. The van der Waals surface area contributed by atoms with Crippen LogP contribution in [0.2, 0.25) is 0 Å². The summed E-state index contributed by atoms with van der Waals surface area (Å²) in [6.07, 6.45) is -4.21. The number of para-hydroxylation sites is 1. The Morgan fingerprint density at radius 2 is 1.94 bits per heavy atom. The number of hydrogen-bond donors (Lipinski definition) is 3. The smallest absolute Gasteiger partial charge is 0.459 e. The summed E-state index contributed by atoms with van der Waals surface area (Å²) in [6.45, 7) is 5.07. The van der Waals surface area contributed by atoms with E-state index in [4.69, 9.17) is 18.5 Å². The van der Waals surface area contributed by atoms with Crippen LogP contribution in [0.3, 0.4) is 0 Å². The molecule has 0 amide bonds. The largest absolute Gasteiger partial charge is 0.462 e. The quantitative estimate of drug-likeness (QED) is 0.305.